The number of hydrogen-bond donors (Lipinski definition) is 2. The Morgan fingerprint density at radius 2 is 1.88 bits per heavy atom. The summed E-state index contributed by atoms with van der Waals surface area (Å²) in [5, 5.41) is 3.01. The van der Waals surface area contributed by atoms with Crippen molar-refractivity contribution >= 4 is 17.4 Å². The Bertz CT molecular complexity index is 1130. The van der Waals surface area contributed by atoms with Crippen molar-refractivity contribution < 1.29 is 9.53 Å². The summed E-state index contributed by atoms with van der Waals surface area (Å²) in [6.07, 6.45) is 5.73. The van der Waals surface area contributed by atoms with E-state index in [1.165, 1.54) is 5.56 Å². The van der Waals surface area contributed by atoms with Crippen molar-refractivity contribution in [2.75, 3.05) is 37.8 Å². The molecule has 2 aromatic carbocycles. The zero-order valence-electron chi connectivity index (χ0n) is 19.5. The number of carbonyl (C=O) groups excluding carboxylic acids is 1. The van der Waals surface area contributed by atoms with Gasteiger partial charge in [0.05, 0.1) is 7.11 Å². The second kappa shape index (κ2) is 9.35. The number of hydrogen-bond acceptors (Lipinski definition) is 5. The number of nitrogens with two attached hydrogens (primary N) is 1. The molecule has 34 heavy (non-hydrogen) atoms. The van der Waals surface area contributed by atoms with Crippen LogP contribution in [0.4, 0.5) is 16.2 Å². The van der Waals surface area contributed by atoms with E-state index in [0.29, 0.717) is 0 Å². The lowest BCUT2D eigenvalue weighted by atomic mass is 9.63. The molecule has 0 saturated carbocycles. The summed E-state index contributed by atoms with van der Waals surface area (Å²) in [5.41, 5.74) is 10.4. The highest BCUT2D eigenvalue weighted by Crippen LogP contribution is 2.55. The third kappa shape index (κ3) is 4.31. The molecule has 1 aromatic heterocycles. The maximum atomic E-state index is 12.9. The molecule has 176 valence electrons. The van der Waals surface area contributed by atoms with Gasteiger partial charge in [-0.15, -0.1) is 0 Å². The molecular weight excluding hydrogens is 426 g/mol. The van der Waals surface area contributed by atoms with E-state index in [0.717, 1.165) is 61.7 Å². The quantitative estimate of drug-likeness (QED) is 0.550. The summed E-state index contributed by atoms with van der Waals surface area (Å²) in [6, 6.07) is 19.9. The molecule has 3 heterocycles. The van der Waals surface area contributed by atoms with Crippen molar-refractivity contribution in [2.24, 2.45) is 5.41 Å². The highest BCUT2D eigenvalue weighted by atomic mass is 16.5. The number of ether oxygens (including phenoxy) is 1. The van der Waals surface area contributed by atoms with Gasteiger partial charge in [0.15, 0.2) is 0 Å². The van der Waals surface area contributed by atoms with E-state index in [-0.39, 0.29) is 17.5 Å². The molecule has 2 aliphatic rings. The molecular formula is C27H31N5O2. The average molecular weight is 458 g/mol. The molecule has 0 bridgehead atoms. The van der Waals surface area contributed by atoms with Gasteiger partial charge < -0.3 is 20.7 Å². The van der Waals surface area contributed by atoms with Gasteiger partial charge in [-0.3, -0.25) is 9.88 Å². The third-order valence-electron chi connectivity index (χ3n) is 7.28. The highest BCUT2D eigenvalue weighted by Gasteiger charge is 2.54. The summed E-state index contributed by atoms with van der Waals surface area (Å²) >= 11 is 0. The number of carbonyl (C=O) groups is 1. The Kier molecular flexibility index (Phi) is 6.11. The second-order valence-corrected chi connectivity index (χ2v) is 9.30. The zero-order chi connectivity index (χ0) is 23.5. The molecule has 0 radical (unpaired) electrons. The maximum Gasteiger partial charge on any atom is 0.321 e. The van der Waals surface area contributed by atoms with Crippen LogP contribution in [0.1, 0.15) is 30.0 Å². The Morgan fingerprint density at radius 3 is 2.56 bits per heavy atom. The van der Waals surface area contributed by atoms with E-state index in [4.69, 9.17) is 10.5 Å². The third-order valence-corrected chi connectivity index (χ3v) is 7.28. The number of pyridine rings is 1. The molecule has 5 rings (SSSR count). The van der Waals surface area contributed by atoms with Gasteiger partial charge in [-0.1, -0.05) is 24.3 Å². The standard InChI is InChI=1S/C27H31N5O2/c1-34-23-10-8-22(9-11-23)30-26(33)31-15-12-27(13-16-31)19-32(18-21-5-2-3-7-24(21)28)25(27)20-6-4-14-29-17-20/h2-11,14,17,25H,12-13,15-16,18-19,28H2,1H3,(H,30,33). The molecule has 2 amide bonds. The van der Waals surface area contributed by atoms with E-state index in [2.05, 4.69) is 27.3 Å². The number of amides is 2. The van der Waals surface area contributed by atoms with Crippen LogP contribution in [-0.2, 0) is 6.54 Å². The normalized spacial score (nSPS) is 19.4. The zero-order valence-corrected chi connectivity index (χ0v) is 19.5. The van der Waals surface area contributed by atoms with E-state index < -0.39 is 0 Å². The summed E-state index contributed by atoms with van der Waals surface area (Å²) < 4.78 is 5.19. The van der Waals surface area contributed by atoms with E-state index in [1.807, 2.05) is 65.8 Å². The molecule has 2 saturated heterocycles. The van der Waals surface area contributed by atoms with Crippen LogP contribution in [0, 0.1) is 5.41 Å². The van der Waals surface area contributed by atoms with Gasteiger partial charge in [-0.25, -0.2) is 4.79 Å². The van der Waals surface area contributed by atoms with Gasteiger partial charge in [-0.2, -0.15) is 0 Å². The Morgan fingerprint density at radius 1 is 1.12 bits per heavy atom. The summed E-state index contributed by atoms with van der Waals surface area (Å²) in [6.45, 7) is 3.28. The monoisotopic (exact) mass is 457 g/mol. The fourth-order valence-corrected chi connectivity index (χ4v) is 5.47. The summed E-state index contributed by atoms with van der Waals surface area (Å²) in [4.78, 5) is 21.7. The number of para-hydroxylation sites is 1. The van der Waals surface area contributed by atoms with Crippen LogP contribution < -0.4 is 15.8 Å². The summed E-state index contributed by atoms with van der Waals surface area (Å²) in [5.74, 6) is 0.770. The van der Waals surface area contributed by atoms with Crippen molar-refractivity contribution in [3.8, 4) is 5.75 Å². The molecule has 0 aliphatic carbocycles. The average Bonchev–Trinajstić information content (AvgIpc) is 2.86. The van der Waals surface area contributed by atoms with E-state index >= 15 is 0 Å². The van der Waals surface area contributed by atoms with Crippen LogP contribution in [0.3, 0.4) is 0 Å². The van der Waals surface area contributed by atoms with Crippen LogP contribution in [0.25, 0.3) is 0 Å². The lowest BCUT2D eigenvalue weighted by Crippen LogP contribution is -2.62. The molecule has 2 fully saturated rings. The number of rotatable bonds is 5. The number of nitrogens with one attached hydrogen (secondary N) is 1. The van der Waals surface area contributed by atoms with Gasteiger partial charge in [0.1, 0.15) is 5.75 Å². The summed E-state index contributed by atoms with van der Waals surface area (Å²) in [7, 11) is 1.63. The molecule has 1 unspecified atom stereocenters. The minimum atomic E-state index is -0.0498. The van der Waals surface area contributed by atoms with Crippen LogP contribution in [0.5, 0.6) is 5.75 Å². The Hall–Kier alpha value is -3.58. The Labute approximate surface area is 200 Å². The van der Waals surface area contributed by atoms with Crippen molar-refractivity contribution in [3.63, 3.8) is 0 Å². The molecule has 3 N–H and O–H groups in total. The van der Waals surface area contributed by atoms with Crippen LogP contribution >= 0.6 is 0 Å². The van der Waals surface area contributed by atoms with Gasteiger partial charge in [0, 0.05) is 61.4 Å². The molecule has 1 spiro atoms. The molecule has 7 heteroatoms. The smallest absolute Gasteiger partial charge is 0.321 e. The highest BCUT2D eigenvalue weighted by molar-refractivity contribution is 5.89. The van der Waals surface area contributed by atoms with Crippen molar-refractivity contribution in [2.45, 2.75) is 25.4 Å². The minimum Gasteiger partial charge on any atom is -0.497 e. The first-order valence-corrected chi connectivity index (χ1v) is 11.8. The number of piperidine rings is 1. The van der Waals surface area contributed by atoms with Crippen LogP contribution in [0.2, 0.25) is 0 Å². The maximum absolute atomic E-state index is 12.9. The van der Waals surface area contributed by atoms with Gasteiger partial charge >= 0.3 is 6.03 Å². The number of urea groups is 1. The van der Waals surface area contributed by atoms with Crippen molar-refractivity contribution in [3.05, 3.63) is 84.2 Å². The number of aromatic nitrogens is 1. The number of methoxy groups -OCH3 is 1. The fraction of sp³-hybridized carbons (Fsp3) is 0.333. The van der Waals surface area contributed by atoms with Gasteiger partial charge in [-0.05, 0) is 60.4 Å². The van der Waals surface area contributed by atoms with Crippen molar-refractivity contribution in [1.29, 1.82) is 0 Å². The number of benzene rings is 2. The lowest BCUT2D eigenvalue weighted by molar-refractivity contribution is -0.112. The minimum absolute atomic E-state index is 0.0498. The fourth-order valence-electron chi connectivity index (χ4n) is 5.47. The van der Waals surface area contributed by atoms with Crippen molar-refractivity contribution in [1.82, 2.24) is 14.8 Å². The first kappa shape index (κ1) is 22.2. The first-order chi connectivity index (χ1) is 16.6. The SMILES string of the molecule is COc1ccc(NC(=O)N2CCC3(CC2)CN(Cc2ccccc2N)C3c2cccnc2)cc1. The second-order valence-electron chi connectivity index (χ2n) is 9.30. The molecule has 2 aliphatic heterocycles. The van der Waals surface area contributed by atoms with Crippen LogP contribution in [0.15, 0.2) is 73.1 Å². The lowest BCUT2D eigenvalue weighted by Gasteiger charge is -2.60. The number of anilines is 2. The van der Waals surface area contributed by atoms with E-state index in [9.17, 15) is 4.79 Å². The van der Waals surface area contributed by atoms with Crippen LogP contribution in [-0.4, -0.2) is 47.6 Å². The number of likely N-dealkylation sites (tertiary alicyclic amines) is 2. The first-order valence-electron chi connectivity index (χ1n) is 11.8. The molecule has 7 nitrogen and oxygen atoms in total. The number of nitrogen functional groups attached to an aromatic ring is 1. The molecule has 1 atom stereocenters. The Balaban J connectivity index is 1.27. The predicted molar refractivity (Wildman–Crippen MR) is 133 cm³/mol. The number of nitrogens with zero attached hydrogens (tertiary/aromatic N) is 3. The van der Waals surface area contributed by atoms with E-state index in [1.54, 1.807) is 7.11 Å². The largest absolute Gasteiger partial charge is 0.497 e. The molecule has 3 aromatic rings. The predicted octanol–water partition coefficient (Wildman–Crippen LogP) is 4.54. The van der Waals surface area contributed by atoms with Gasteiger partial charge in [0.25, 0.3) is 0 Å². The topological polar surface area (TPSA) is 83.7 Å². The van der Waals surface area contributed by atoms with Gasteiger partial charge in [0.2, 0.25) is 0 Å².